The molecule has 1 aromatic rings. The number of nitrogens with zero attached hydrogens (tertiary/aromatic N) is 3. The zero-order valence-corrected chi connectivity index (χ0v) is 12.1. The van der Waals surface area contributed by atoms with Crippen LogP contribution < -0.4 is 10.2 Å². The first kappa shape index (κ1) is 12.9. The summed E-state index contributed by atoms with van der Waals surface area (Å²) in [6.07, 6.45) is 6.34. The Bertz CT molecular complexity index is 421. The molecule has 0 aromatic carbocycles. The maximum atomic E-state index is 4.82. The third-order valence-electron chi connectivity index (χ3n) is 4.86. The van der Waals surface area contributed by atoms with Crippen LogP contribution in [0.25, 0.3) is 0 Å². The molecule has 0 radical (unpaired) electrons. The topological polar surface area (TPSA) is 56.8 Å². The number of anilines is 1. The van der Waals surface area contributed by atoms with Crippen molar-refractivity contribution in [1.82, 2.24) is 20.5 Å². The van der Waals surface area contributed by atoms with Crippen molar-refractivity contribution in [1.29, 1.82) is 0 Å². The van der Waals surface area contributed by atoms with E-state index in [0.29, 0.717) is 6.04 Å². The lowest BCUT2D eigenvalue weighted by atomic mass is 9.83. The molecule has 1 aliphatic carbocycles. The van der Waals surface area contributed by atoms with E-state index in [0.717, 1.165) is 31.4 Å². The molecule has 5 nitrogen and oxygen atoms in total. The van der Waals surface area contributed by atoms with Crippen molar-refractivity contribution in [3.8, 4) is 0 Å². The summed E-state index contributed by atoms with van der Waals surface area (Å²) in [6, 6.07) is 0.516. The van der Waals surface area contributed by atoms with E-state index < -0.39 is 0 Å². The summed E-state index contributed by atoms with van der Waals surface area (Å²) in [6.45, 7) is 7.51. The molecule has 0 amide bonds. The highest BCUT2D eigenvalue weighted by Gasteiger charge is 2.37. The summed E-state index contributed by atoms with van der Waals surface area (Å²) in [5.41, 5.74) is 0.269. The molecule has 1 unspecified atom stereocenters. The normalized spacial score (nSPS) is 26.8. The van der Waals surface area contributed by atoms with Crippen molar-refractivity contribution in [3.05, 3.63) is 5.82 Å². The van der Waals surface area contributed by atoms with Gasteiger partial charge in [-0.3, -0.25) is 5.10 Å². The van der Waals surface area contributed by atoms with Gasteiger partial charge in [-0.1, -0.05) is 19.8 Å². The average Bonchev–Trinajstić information content (AvgIpc) is 3.08. The molecule has 2 fully saturated rings. The smallest absolute Gasteiger partial charge is 0.244 e. The molecule has 5 heteroatoms. The SMILES string of the molecule is CCC1(c2nc(N3CCNC(C)C3)n[nH]2)CCCC1. The van der Waals surface area contributed by atoms with Gasteiger partial charge in [0.1, 0.15) is 5.82 Å². The van der Waals surface area contributed by atoms with E-state index in [1.54, 1.807) is 0 Å². The van der Waals surface area contributed by atoms with E-state index >= 15 is 0 Å². The second-order valence-electron chi connectivity index (χ2n) is 6.13. The number of piperazine rings is 1. The molecular weight excluding hydrogens is 238 g/mol. The van der Waals surface area contributed by atoms with E-state index in [9.17, 15) is 0 Å². The maximum Gasteiger partial charge on any atom is 0.244 e. The molecule has 2 N–H and O–H groups in total. The number of rotatable bonds is 3. The first-order valence-electron chi connectivity index (χ1n) is 7.65. The lowest BCUT2D eigenvalue weighted by Crippen LogP contribution is -2.49. The minimum Gasteiger partial charge on any atom is -0.337 e. The van der Waals surface area contributed by atoms with Gasteiger partial charge in [0.15, 0.2) is 0 Å². The highest BCUT2D eigenvalue weighted by Crippen LogP contribution is 2.42. The fourth-order valence-electron chi connectivity index (χ4n) is 3.56. The third-order valence-corrected chi connectivity index (χ3v) is 4.86. The molecule has 2 aliphatic rings. The first-order valence-corrected chi connectivity index (χ1v) is 7.65. The van der Waals surface area contributed by atoms with Gasteiger partial charge in [-0.05, 0) is 26.2 Å². The molecule has 106 valence electrons. The average molecular weight is 263 g/mol. The van der Waals surface area contributed by atoms with E-state index in [4.69, 9.17) is 4.98 Å². The molecule has 2 heterocycles. The van der Waals surface area contributed by atoms with Gasteiger partial charge in [0.2, 0.25) is 5.95 Å². The summed E-state index contributed by atoms with van der Waals surface area (Å²) in [4.78, 5) is 7.12. The number of nitrogens with one attached hydrogen (secondary N) is 2. The van der Waals surface area contributed by atoms with Gasteiger partial charge < -0.3 is 10.2 Å². The summed E-state index contributed by atoms with van der Waals surface area (Å²) in [5, 5.41) is 11.2. The minimum absolute atomic E-state index is 0.269. The molecule has 1 aromatic heterocycles. The van der Waals surface area contributed by atoms with Crippen LogP contribution in [0.2, 0.25) is 0 Å². The van der Waals surface area contributed by atoms with Gasteiger partial charge >= 0.3 is 0 Å². The number of aromatic nitrogens is 3. The zero-order chi connectivity index (χ0) is 13.3. The van der Waals surface area contributed by atoms with Crippen molar-refractivity contribution >= 4 is 5.95 Å². The highest BCUT2D eigenvalue weighted by atomic mass is 15.4. The first-order chi connectivity index (χ1) is 9.23. The van der Waals surface area contributed by atoms with Crippen molar-refractivity contribution in [2.75, 3.05) is 24.5 Å². The standard InChI is InChI=1S/C14H25N5/c1-3-14(6-4-5-7-14)12-16-13(18-17-12)19-9-8-15-11(2)10-19/h11,15H,3-10H2,1-2H3,(H,16,17,18). The van der Waals surface area contributed by atoms with E-state index in [1.807, 2.05) is 0 Å². The Kier molecular flexibility index (Phi) is 3.48. The number of H-pyrrole nitrogens is 1. The van der Waals surface area contributed by atoms with Crippen LogP contribution in [0.1, 0.15) is 51.8 Å². The second-order valence-corrected chi connectivity index (χ2v) is 6.13. The predicted molar refractivity (Wildman–Crippen MR) is 76.5 cm³/mol. The highest BCUT2D eigenvalue weighted by molar-refractivity contribution is 5.31. The Morgan fingerprint density at radius 1 is 1.37 bits per heavy atom. The van der Waals surface area contributed by atoms with E-state index in [2.05, 4.69) is 34.3 Å². The quantitative estimate of drug-likeness (QED) is 0.873. The van der Waals surface area contributed by atoms with Crippen molar-refractivity contribution < 1.29 is 0 Å². The van der Waals surface area contributed by atoms with Crippen LogP contribution in [-0.4, -0.2) is 40.9 Å². The minimum atomic E-state index is 0.269. The van der Waals surface area contributed by atoms with Gasteiger partial charge in [0, 0.05) is 31.1 Å². The van der Waals surface area contributed by atoms with Crippen LogP contribution in [-0.2, 0) is 5.41 Å². The summed E-state index contributed by atoms with van der Waals surface area (Å²) >= 11 is 0. The number of hydrogen-bond donors (Lipinski definition) is 2. The molecular formula is C14H25N5. The molecule has 0 spiro atoms. The summed E-state index contributed by atoms with van der Waals surface area (Å²) < 4.78 is 0. The fourth-order valence-corrected chi connectivity index (χ4v) is 3.56. The lowest BCUT2D eigenvalue weighted by molar-refractivity contribution is 0.399. The molecule has 1 aliphatic heterocycles. The van der Waals surface area contributed by atoms with Crippen molar-refractivity contribution in [2.24, 2.45) is 0 Å². The van der Waals surface area contributed by atoms with Crippen LogP contribution in [0.3, 0.4) is 0 Å². The largest absolute Gasteiger partial charge is 0.337 e. The van der Waals surface area contributed by atoms with E-state index in [1.165, 1.54) is 32.1 Å². The molecule has 1 saturated heterocycles. The Morgan fingerprint density at radius 2 is 2.16 bits per heavy atom. The van der Waals surface area contributed by atoms with Crippen LogP contribution in [0.5, 0.6) is 0 Å². The Morgan fingerprint density at radius 3 is 2.84 bits per heavy atom. The van der Waals surface area contributed by atoms with Gasteiger partial charge in [-0.2, -0.15) is 4.98 Å². The Balaban J connectivity index is 1.79. The van der Waals surface area contributed by atoms with Crippen LogP contribution in [0.4, 0.5) is 5.95 Å². The predicted octanol–water partition coefficient (Wildman–Crippen LogP) is 1.82. The molecule has 1 atom stereocenters. The zero-order valence-electron chi connectivity index (χ0n) is 12.1. The van der Waals surface area contributed by atoms with Gasteiger partial charge in [-0.15, -0.1) is 5.10 Å². The van der Waals surface area contributed by atoms with Crippen LogP contribution in [0, 0.1) is 0 Å². The molecule has 0 bridgehead atoms. The number of aromatic amines is 1. The second kappa shape index (κ2) is 5.12. The molecule has 19 heavy (non-hydrogen) atoms. The lowest BCUT2D eigenvalue weighted by Gasteiger charge is -2.31. The Labute approximate surface area is 115 Å². The maximum absolute atomic E-state index is 4.82. The van der Waals surface area contributed by atoms with Crippen molar-refractivity contribution in [2.45, 2.75) is 57.4 Å². The van der Waals surface area contributed by atoms with Gasteiger partial charge in [0.05, 0.1) is 0 Å². The third kappa shape index (κ3) is 2.36. The summed E-state index contributed by atoms with van der Waals surface area (Å²) in [7, 11) is 0. The van der Waals surface area contributed by atoms with Crippen molar-refractivity contribution in [3.63, 3.8) is 0 Å². The molecule has 1 saturated carbocycles. The Hall–Kier alpha value is -1.10. The van der Waals surface area contributed by atoms with Gasteiger partial charge in [-0.25, -0.2) is 0 Å². The molecule has 3 rings (SSSR count). The number of hydrogen-bond acceptors (Lipinski definition) is 4. The fraction of sp³-hybridized carbons (Fsp3) is 0.857. The van der Waals surface area contributed by atoms with E-state index in [-0.39, 0.29) is 5.41 Å². The monoisotopic (exact) mass is 263 g/mol. The van der Waals surface area contributed by atoms with Crippen LogP contribution in [0.15, 0.2) is 0 Å². The van der Waals surface area contributed by atoms with Crippen LogP contribution >= 0.6 is 0 Å². The summed E-state index contributed by atoms with van der Waals surface area (Å²) in [5.74, 6) is 2.01. The van der Waals surface area contributed by atoms with Gasteiger partial charge in [0.25, 0.3) is 0 Å².